The average molecular weight is 382 g/mol. The number of aromatic nitrogens is 1. The number of thiazole rings is 1. The molecule has 1 heterocycles. The lowest BCUT2D eigenvalue weighted by Crippen LogP contribution is -2.01. The Bertz CT molecular complexity index is 926. The molecule has 3 aromatic rings. The van der Waals surface area contributed by atoms with E-state index in [1.54, 1.807) is 6.07 Å². The first kappa shape index (κ1) is 16.0. The van der Waals surface area contributed by atoms with Gasteiger partial charge in [-0.05, 0) is 24.3 Å². The molecule has 3 rings (SSSR count). The van der Waals surface area contributed by atoms with E-state index in [9.17, 15) is 5.26 Å². The lowest BCUT2D eigenvalue weighted by atomic mass is 10.3. The minimum absolute atomic E-state index is 0.160. The molecular formula is C15H7Cl3N4S. The van der Waals surface area contributed by atoms with E-state index in [0.29, 0.717) is 25.8 Å². The zero-order valence-corrected chi connectivity index (χ0v) is 14.4. The Morgan fingerprint density at radius 1 is 1.13 bits per heavy atom. The predicted octanol–water partition coefficient (Wildman–Crippen LogP) is 5.60. The van der Waals surface area contributed by atoms with Gasteiger partial charge in [-0.15, -0.1) is 11.3 Å². The van der Waals surface area contributed by atoms with Gasteiger partial charge in [0.25, 0.3) is 0 Å². The molecule has 0 amide bonds. The summed E-state index contributed by atoms with van der Waals surface area (Å²) >= 11 is 19.3. The molecule has 1 aromatic heterocycles. The van der Waals surface area contributed by atoms with Gasteiger partial charge in [-0.25, -0.2) is 4.98 Å². The number of anilines is 1. The van der Waals surface area contributed by atoms with Crippen molar-refractivity contribution in [1.82, 2.24) is 4.98 Å². The molecule has 23 heavy (non-hydrogen) atoms. The molecular weight excluding hydrogens is 375 g/mol. The second kappa shape index (κ2) is 6.73. The van der Waals surface area contributed by atoms with Crippen LogP contribution in [0.15, 0.2) is 41.5 Å². The maximum Gasteiger partial charge on any atom is 0.196 e. The molecule has 8 heteroatoms. The Labute approximate surface area is 150 Å². The number of nitriles is 1. The largest absolute Gasteiger partial charge is 0.276 e. The maximum absolute atomic E-state index is 9.32. The lowest BCUT2D eigenvalue weighted by molar-refractivity contribution is 1.32. The Hall–Kier alpha value is -1.84. The fourth-order valence-corrected chi connectivity index (χ4v) is 3.31. The van der Waals surface area contributed by atoms with Crippen LogP contribution in [0.2, 0.25) is 15.1 Å². The second-order valence-electron chi connectivity index (χ2n) is 4.42. The normalized spacial score (nSPS) is 11.5. The molecule has 0 saturated carbocycles. The number of nitrogens with zero attached hydrogens (tertiary/aromatic N) is 3. The van der Waals surface area contributed by atoms with Crippen LogP contribution in [-0.2, 0) is 0 Å². The van der Waals surface area contributed by atoms with E-state index in [2.05, 4.69) is 15.5 Å². The van der Waals surface area contributed by atoms with Crippen LogP contribution in [0.1, 0.15) is 5.01 Å². The van der Waals surface area contributed by atoms with E-state index in [0.717, 1.165) is 10.2 Å². The van der Waals surface area contributed by atoms with E-state index >= 15 is 0 Å². The molecule has 0 atom stereocenters. The number of benzene rings is 2. The molecule has 0 aliphatic carbocycles. The monoisotopic (exact) mass is 380 g/mol. The quantitative estimate of drug-likeness (QED) is 0.365. The molecule has 0 unspecified atom stereocenters. The van der Waals surface area contributed by atoms with Gasteiger partial charge in [-0.1, -0.05) is 46.9 Å². The Balaban J connectivity index is 1.93. The summed E-state index contributed by atoms with van der Waals surface area (Å²) in [6.07, 6.45) is 0. The number of hydrogen-bond donors (Lipinski definition) is 1. The van der Waals surface area contributed by atoms with Gasteiger partial charge in [-0.3, -0.25) is 5.43 Å². The maximum atomic E-state index is 9.32. The summed E-state index contributed by atoms with van der Waals surface area (Å²) in [5.41, 5.74) is 4.17. The Kier molecular flexibility index (Phi) is 4.69. The summed E-state index contributed by atoms with van der Waals surface area (Å²) in [7, 11) is 0. The van der Waals surface area contributed by atoms with Crippen LogP contribution < -0.4 is 5.43 Å². The molecule has 0 saturated heterocycles. The predicted molar refractivity (Wildman–Crippen MR) is 96.9 cm³/mol. The second-order valence-corrected chi connectivity index (χ2v) is 6.67. The van der Waals surface area contributed by atoms with Gasteiger partial charge in [0.15, 0.2) is 10.7 Å². The van der Waals surface area contributed by atoms with Gasteiger partial charge in [0.2, 0.25) is 0 Å². The van der Waals surface area contributed by atoms with Crippen molar-refractivity contribution in [3.63, 3.8) is 0 Å². The summed E-state index contributed by atoms with van der Waals surface area (Å²) in [5.74, 6) is 0. The highest BCUT2D eigenvalue weighted by molar-refractivity contribution is 7.20. The summed E-state index contributed by atoms with van der Waals surface area (Å²) in [4.78, 5) is 4.40. The van der Waals surface area contributed by atoms with Crippen molar-refractivity contribution < 1.29 is 0 Å². The van der Waals surface area contributed by atoms with Crippen molar-refractivity contribution >= 4 is 67.8 Å². The van der Waals surface area contributed by atoms with Gasteiger partial charge in [0.05, 0.1) is 31.0 Å². The standard InChI is InChI=1S/C15H7Cl3N4S/c16-8-5-10(18)12(6-9(8)17)21-22-13(7-19)15-20-11-3-1-2-4-14(11)23-15/h1-6,21H/b22-13-. The van der Waals surface area contributed by atoms with E-state index in [1.165, 1.54) is 17.4 Å². The number of nitrogens with one attached hydrogen (secondary N) is 1. The molecule has 0 bridgehead atoms. The number of rotatable bonds is 3. The van der Waals surface area contributed by atoms with E-state index in [1.807, 2.05) is 30.3 Å². The third-order valence-electron chi connectivity index (χ3n) is 2.90. The third kappa shape index (κ3) is 3.41. The summed E-state index contributed by atoms with van der Waals surface area (Å²) in [6, 6.07) is 12.7. The highest BCUT2D eigenvalue weighted by atomic mass is 35.5. The SMILES string of the molecule is N#C/C(=N/Nc1cc(Cl)c(Cl)cc1Cl)c1nc2ccccc2s1. The summed E-state index contributed by atoms with van der Waals surface area (Å²) in [6.45, 7) is 0. The number of fused-ring (bicyclic) bond motifs is 1. The zero-order valence-electron chi connectivity index (χ0n) is 11.3. The van der Waals surface area contributed by atoms with Crippen molar-refractivity contribution in [2.45, 2.75) is 0 Å². The number of hydrazone groups is 1. The Morgan fingerprint density at radius 3 is 2.61 bits per heavy atom. The van der Waals surface area contributed by atoms with Crippen molar-refractivity contribution in [1.29, 1.82) is 5.26 Å². The first-order chi connectivity index (χ1) is 11.1. The average Bonchev–Trinajstić information content (AvgIpc) is 2.96. The third-order valence-corrected chi connectivity index (χ3v) is 4.98. The van der Waals surface area contributed by atoms with Crippen LogP contribution in [0, 0.1) is 11.3 Å². The van der Waals surface area contributed by atoms with Crippen LogP contribution in [0.5, 0.6) is 0 Å². The van der Waals surface area contributed by atoms with E-state index < -0.39 is 0 Å². The van der Waals surface area contributed by atoms with Crippen LogP contribution in [0.25, 0.3) is 10.2 Å². The lowest BCUT2D eigenvalue weighted by Gasteiger charge is -2.05. The van der Waals surface area contributed by atoms with Crippen molar-refractivity contribution in [3.05, 3.63) is 56.5 Å². The van der Waals surface area contributed by atoms with Crippen LogP contribution in [0.3, 0.4) is 0 Å². The van der Waals surface area contributed by atoms with Gasteiger partial charge < -0.3 is 0 Å². The Morgan fingerprint density at radius 2 is 1.87 bits per heavy atom. The highest BCUT2D eigenvalue weighted by Crippen LogP contribution is 2.32. The summed E-state index contributed by atoms with van der Waals surface area (Å²) < 4.78 is 0.984. The molecule has 0 fully saturated rings. The molecule has 0 aliphatic rings. The van der Waals surface area contributed by atoms with Gasteiger partial charge in [0, 0.05) is 0 Å². The van der Waals surface area contributed by atoms with Crippen LogP contribution in [-0.4, -0.2) is 10.7 Å². The van der Waals surface area contributed by atoms with Crippen molar-refractivity contribution in [2.75, 3.05) is 5.43 Å². The van der Waals surface area contributed by atoms with Crippen molar-refractivity contribution in [3.8, 4) is 6.07 Å². The summed E-state index contributed by atoms with van der Waals surface area (Å²) in [5, 5.41) is 15.0. The van der Waals surface area contributed by atoms with E-state index in [-0.39, 0.29) is 5.71 Å². The van der Waals surface area contributed by atoms with Gasteiger partial charge in [0.1, 0.15) is 6.07 Å². The first-order valence-corrected chi connectivity index (χ1v) is 8.28. The fourth-order valence-electron chi connectivity index (χ4n) is 1.82. The number of para-hydroxylation sites is 1. The van der Waals surface area contributed by atoms with Crippen molar-refractivity contribution in [2.24, 2.45) is 5.10 Å². The molecule has 0 aliphatic heterocycles. The highest BCUT2D eigenvalue weighted by Gasteiger charge is 2.11. The van der Waals surface area contributed by atoms with Crippen LogP contribution in [0.4, 0.5) is 5.69 Å². The zero-order chi connectivity index (χ0) is 16.4. The minimum atomic E-state index is 0.160. The molecule has 114 valence electrons. The topological polar surface area (TPSA) is 61.1 Å². The number of hydrogen-bond acceptors (Lipinski definition) is 5. The molecule has 4 nitrogen and oxygen atoms in total. The molecule has 1 N–H and O–H groups in total. The van der Waals surface area contributed by atoms with E-state index in [4.69, 9.17) is 34.8 Å². The van der Waals surface area contributed by atoms with Gasteiger partial charge in [-0.2, -0.15) is 10.4 Å². The fraction of sp³-hybridized carbons (Fsp3) is 0. The molecule has 2 aromatic carbocycles. The minimum Gasteiger partial charge on any atom is -0.276 e. The first-order valence-electron chi connectivity index (χ1n) is 6.33. The molecule has 0 spiro atoms. The number of halogens is 3. The van der Waals surface area contributed by atoms with Crippen LogP contribution >= 0.6 is 46.1 Å². The molecule has 0 radical (unpaired) electrons. The van der Waals surface area contributed by atoms with Gasteiger partial charge >= 0.3 is 0 Å². The smallest absolute Gasteiger partial charge is 0.196 e.